The zero-order chi connectivity index (χ0) is 44.2. The Morgan fingerprint density at radius 1 is 0.533 bits per heavy atom. The average Bonchev–Trinajstić information content (AvgIpc) is 3.21. The van der Waals surface area contributed by atoms with Crippen molar-refractivity contribution in [2.24, 2.45) is 0 Å². The zero-order valence-electron chi connectivity index (χ0n) is 38.6. The van der Waals surface area contributed by atoms with Crippen LogP contribution in [0.25, 0.3) is 0 Å². The molecule has 0 spiro atoms. The van der Waals surface area contributed by atoms with E-state index in [2.05, 4.69) is 111 Å². The Hall–Kier alpha value is -3.75. The standard InChI is InChI=1S/C52H85NO7/c1-6-8-10-12-14-16-18-20-22-24-25-26-27-29-31-33-35-37-39-41-43-51(55)60-48(46-58-45-44-49(52(56)57)53(3,4)5)47-59-50(54)42-40-38-36-34-32-30-28-23-21-19-17-15-13-11-9-7-2/h8,10,14,16,20,22-23,25-26,28-32,35,37,48-49H,6-7,9,11-13,15,17-19,21,24,27,33-34,36,38-47H2,1-5H3/p+1/b10-8+,16-14+,22-20+,26-25+,28-23+,31-29+,32-30+,37-35+. The summed E-state index contributed by atoms with van der Waals surface area (Å²) in [5.74, 6) is -1.59. The molecular weight excluding hydrogens is 751 g/mol. The molecule has 0 bridgehead atoms. The van der Waals surface area contributed by atoms with E-state index in [4.69, 9.17) is 14.2 Å². The fourth-order valence-electron chi connectivity index (χ4n) is 6.15. The van der Waals surface area contributed by atoms with E-state index in [0.29, 0.717) is 19.3 Å². The summed E-state index contributed by atoms with van der Waals surface area (Å²) in [4.78, 5) is 37.0. The molecule has 0 saturated carbocycles. The van der Waals surface area contributed by atoms with E-state index in [9.17, 15) is 19.5 Å². The molecule has 0 rings (SSSR count). The Morgan fingerprint density at radius 3 is 1.52 bits per heavy atom. The molecule has 0 aliphatic heterocycles. The van der Waals surface area contributed by atoms with Crippen LogP contribution in [0.5, 0.6) is 0 Å². The highest BCUT2D eigenvalue weighted by molar-refractivity contribution is 5.72. The number of carboxylic acids is 1. The average molecular weight is 837 g/mol. The lowest BCUT2D eigenvalue weighted by Crippen LogP contribution is -2.50. The number of nitrogens with zero attached hydrogens (tertiary/aromatic N) is 1. The van der Waals surface area contributed by atoms with Crippen LogP contribution in [0.4, 0.5) is 0 Å². The van der Waals surface area contributed by atoms with E-state index in [-0.39, 0.29) is 42.7 Å². The topological polar surface area (TPSA) is 99.1 Å². The third-order valence-corrected chi connectivity index (χ3v) is 9.75. The second-order valence-electron chi connectivity index (χ2n) is 16.3. The number of hydrogen-bond acceptors (Lipinski definition) is 6. The van der Waals surface area contributed by atoms with Crippen molar-refractivity contribution >= 4 is 17.9 Å². The predicted molar refractivity (Wildman–Crippen MR) is 252 cm³/mol. The van der Waals surface area contributed by atoms with E-state index >= 15 is 0 Å². The number of carbonyl (C=O) groups is 3. The van der Waals surface area contributed by atoms with Crippen LogP contribution in [0.3, 0.4) is 0 Å². The maximum absolute atomic E-state index is 12.7. The molecule has 340 valence electrons. The highest BCUT2D eigenvalue weighted by atomic mass is 16.6. The summed E-state index contributed by atoms with van der Waals surface area (Å²) >= 11 is 0. The summed E-state index contributed by atoms with van der Waals surface area (Å²) in [5, 5.41) is 9.63. The number of hydrogen-bond donors (Lipinski definition) is 1. The van der Waals surface area contributed by atoms with Crippen molar-refractivity contribution in [2.45, 2.75) is 174 Å². The fraction of sp³-hybridized carbons (Fsp3) is 0.635. The molecule has 8 heteroatoms. The second-order valence-corrected chi connectivity index (χ2v) is 16.3. The Balaban J connectivity index is 4.49. The van der Waals surface area contributed by atoms with Crippen molar-refractivity contribution in [2.75, 3.05) is 41.0 Å². The summed E-state index contributed by atoms with van der Waals surface area (Å²) in [7, 11) is 5.49. The van der Waals surface area contributed by atoms with Crippen LogP contribution in [0, 0.1) is 0 Å². The first-order valence-corrected chi connectivity index (χ1v) is 23.3. The normalized spacial score (nSPS) is 13.8. The molecule has 0 aliphatic carbocycles. The van der Waals surface area contributed by atoms with Gasteiger partial charge in [0.25, 0.3) is 0 Å². The van der Waals surface area contributed by atoms with E-state index in [0.717, 1.165) is 77.0 Å². The van der Waals surface area contributed by atoms with Crippen molar-refractivity contribution in [1.29, 1.82) is 0 Å². The van der Waals surface area contributed by atoms with Crippen LogP contribution in [-0.2, 0) is 28.6 Å². The lowest BCUT2D eigenvalue weighted by atomic mass is 10.1. The van der Waals surface area contributed by atoms with Crippen molar-refractivity contribution in [1.82, 2.24) is 0 Å². The minimum absolute atomic E-state index is 0.0233. The number of aliphatic carboxylic acids is 1. The largest absolute Gasteiger partial charge is 0.477 e. The van der Waals surface area contributed by atoms with Gasteiger partial charge in [-0.25, -0.2) is 4.79 Å². The SMILES string of the molecule is CC/C=C/C/C=C/C/C=C/C/C=C/C/C=C/C/C=C/CCCC(=O)OC(COCCC(C(=O)O)[N+](C)(C)C)COC(=O)CCCCC/C=C/C=C/CCCCCCCCC. The highest BCUT2D eigenvalue weighted by Crippen LogP contribution is 2.12. The van der Waals surface area contributed by atoms with Gasteiger partial charge >= 0.3 is 17.9 Å². The van der Waals surface area contributed by atoms with Gasteiger partial charge in [-0.1, -0.05) is 156 Å². The Bertz CT molecular complexity index is 1300. The first-order chi connectivity index (χ1) is 29.1. The molecule has 1 N–H and O–H groups in total. The summed E-state index contributed by atoms with van der Waals surface area (Å²) in [6.07, 6.45) is 56.0. The summed E-state index contributed by atoms with van der Waals surface area (Å²) < 4.78 is 17.2. The molecule has 8 nitrogen and oxygen atoms in total. The fourth-order valence-corrected chi connectivity index (χ4v) is 6.15. The Labute approximate surface area is 366 Å². The third kappa shape index (κ3) is 39.7. The van der Waals surface area contributed by atoms with Crippen molar-refractivity contribution < 1.29 is 38.2 Å². The van der Waals surface area contributed by atoms with Crippen LogP contribution < -0.4 is 0 Å². The number of allylic oxidation sites excluding steroid dienone is 16. The monoisotopic (exact) mass is 837 g/mol. The first-order valence-electron chi connectivity index (χ1n) is 23.3. The van der Waals surface area contributed by atoms with Gasteiger partial charge in [0.15, 0.2) is 12.1 Å². The molecule has 2 unspecified atom stereocenters. The minimum Gasteiger partial charge on any atom is -0.477 e. The van der Waals surface area contributed by atoms with Gasteiger partial charge in [-0.15, -0.1) is 0 Å². The molecule has 0 amide bonds. The van der Waals surface area contributed by atoms with Crippen LogP contribution in [0.15, 0.2) is 97.2 Å². The number of unbranched alkanes of at least 4 members (excludes halogenated alkanes) is 11. The smallest absolute Gasteiger partial charge is 0.362 e. The minimum atomic E-state index is -0.892. The van der Waals surface area contributed by atoms with Gasteiger partial charge in [0, 0.05) is 19.3 Å². The maximum Gasteiger partial charge on any atom is 0.362 e. The number of likely N-dealkylation sites (N-methyl/N-ethyl adjacent to an activating group) is 1. The summed E-state index contributed by atoms with van der Waals surface area (Å²) in [6.45, 7) is 4.51. The molecule has 0 aromatic carbocycles. The molecule has 0 aromatic heterocycles. The van der Waals surface area contributed by atoms with Crippen LogP contribution in [-0.4, -0.2) is 80.6 Å². The third-order valence-electron chi connectivity index (χ3n) is 9.75. The number of rotatable bonds is 40. The quantitative estimate of drug-likeness (QED) is 0.0216. The van der Waals surface area contributed by atoms with Gasteiger partial charge in [-0.05, 0) is 83.5 Å². The van der Waals surface area contributed by atoms with Gasteiger partial charge in [0.05, 0.1) is 34.4 Å². The van der Waals surface area contributed by atoms with Gasteiger partial charge in [0.1, 0.15) is 6.61 Å². The highest BCUT2D eigenvalue weighted by Gasteiger charge is 2.31. The Kier molecular flexibility index (Phi) is 39.3. The van der Waals surface area contributed by atoms with Crippen molar-refractivity contribution in [3.63, 3.8) is 0 Å². The Morgan fingerprint density at radius 2 is 1.00 bits per heavy atom. The molecule has 60 heavy (non-hydrogen) atoms. The summed E-state index contributed by atoms with van der Waals surface area (Å²) in [5.41, 5.74) is 0. The predicted octanol–water partition coefficient (Wildman–Crippen LogP) is 13.1. The molecule has 0 heterocycles. The molecule has 0 aliphatic rings. The van der Waals surface area contributed by atoms with Gasteiger partial charge in [-0.3, -0.25) is 9.59 Å². The maximum atomic E-state index is 12.7. The number of quaternary nitrogens is 1. The second kappa shape index (κ2) is 42.0. The molecular formula is C52H86NO7+. The van der Waals surface area contributed by atoms with E-state index < -0.39 is 18.1 Å². The lowest BCUT2D eigenvalue weighted by Gasteiger charge is -2.31. The van der Waals surface area contributed by atoms with E-state index in [1.807, 2.05) is 21.1 Å². The van der Waals surface area contributed by atoms with Crippen LogP contribution in [0.1, 0.15) is 162 Å². The van der Waals surface area contributed by atoms with Crippen LogP contribution >= 0.6 is 0 Å². The number of esters is 2. The lowest BCUT2D eigenvalue weighted by molar-refractivity contribution is -0.887. The molecule has 2 atom stereocenters. The molecule has 0 radical (unpaired) electrons. The molecule has 0 saturated heterocycles. The zero-order valence-corrected chi connectivity index (χ0v) is 38.6. The van der Waals surface area contributed by atoms with Gasteiger partial charge < -0.3 is 23.8 Å². The van der Waals surface area contributed by atoms with E-state index in [1.165, 1.54) is 44.9 Å². The van der Waals surface area contributed by atoms with Crippen molar-refractivity contribution in [3.05, 3.63) is 97.2 Å². The van der Waals surface area contributed by atoms with Crippen molar-refractivity contribution in [3.8, 4) is 0 Å². The summed E-state index contributed by atoms with van der Waals surface area (Å²) in [6, 6.07) is -0.635. The molecule has 0 aromatic rings. The number of carbonyl (C=O) groups excluding carboxylic acids is 2. The van der Waals surface area contributed by atoms with Crippen LogP contribution in [0.2, 0.25) is 0 Å². The van der Waals surface area contributed by atoms with E-state index in [1.54, 1.807) is 0 Å². The first kappa shape index (κ1) is 56.2. The number of ether oxygens (including phenoxy) is 3. The number of carboxylic acid groups (broad SMARTS) is 1. The van der Waals surface area contributed by atoms with Gasteiger partial charge in [-0.2, -0.15) is 0 Å². The van der Waals surface area contributed by atoms with Gasteiger partial charge in [0.2, 0.25) is 0 Å². The molecule has 0 fully saturated rings.